The highest BCUT2D eigenvalue weighted by molar-refractivity contribution is 5.29. The van der Waals surface area contributed by atoms with Gasteiger partial charge in [0.1, 0.15) is 6.04 Å². The molecule has 0 aromatic heterocycles. The van der Waals surface area contributed by atoms with Crippen molar-refractivity contribution in [1.82, 2.24) is 0 Å². The predicted octanol–water partition coefficient (Wildman–Crippen LogP) is 4.54. The SMILES string of the molecule is CC(C)C1CC[NH+](C)C1C[C@@H](C)[C@H]1CC[C@H]2C3=CC[C@H]4[C@H]([NH3+])C=CC[C@]4(C)[C@H]3CC[C@]12C. The minimum absolute atomic E-state index is 0.455. The lowest BCUT2D eigenvalue weighted by Crippen LogP contribution is -3.11. The van der Waals surface area contributed by atoms with E-state index in [-0.39, 0.29) is 0 Å². The summed E-state index contributed by atoms with van der Waals surface area (Å²) in [6.07, 6.45) is 18.9. The molecule has 0 bridgehead atoms. The zero-order valence-electron chi connectivity index (χ0n) is 22.0. The molecule has 5 aliphatic rings. The van der Waals surface area contributed by atoms with Crippen LogP contribution in [0, 0.1) is 52.3 Å². The van der Waals surface area contributed by atoms with Crippen LogP contribution < -0.4 is 10.6 Å². The van der Waals surface area contributed by atoms with Crippen molar-refractivity contribution < 1.29 is 10.6 Å². The van der Waals surface area contributed by atoms with Crippen LogP contribution in [0.1, 0.15) is 86.0 Å². The smallest absolute Gasteiger partial charge is 0.107 e. The predicted molar refractivity (Wildman–Crippen MR) is 134 cm³/mol. The molecule has 1 heterocycles. The van der Waals surface area contributed by atoms with E-state index in [0.29, 0.717) is 16.9 Å². The first-order valence-corrected chi connectivity index (χ1v) is 14.2. The fourth-order valence-electron chi connectivity index (χ4n) is 10.2. The van der Waals surface area contributed by atoms with Crippen molar-refractivity contribution in [3.8, 4) is 0 Å². The average Bonchev–Trinajstić information content (AvgIpc) is 3.27. The minimum atomic E-state index is 0.455. The summed E-state index contributed by atoms with van der Waals surface area (Å²) in [7, 11) is 2.47. The third kappa shape index (κ3) is 3.41. The molecule has 11 atom stereocenters. The molecule has 5 rings (SSSR count). The summed E-state index contributed by atoms with van der Waals surface area (Å²) in [5, 5.41) is 0. The van der Waals surface area contributed by atoms with Crippen molar-refractivity contribution >= 4 is 0 Å². The second kappa shape index (κ2) is 8.26. The van der Waals surface area contributed by atoms with E-state index in [0.717, 1.165) is 47.5 Å². The third-order valence-corrected chi connectivity index (χ3v) is 12.1. The van der Waals surface area contributed by atoms with Gasteiger partial charge in [0.2, 0.25) is 0 Å². The highest BCUT2D eigenvalue weighted by atomic mass is 15.2. The van der Waals surface area contributed by atoms with E-state index in [4.69, 9.17) is 0 Å². The van der Waals surface area contributed by atoms with Gasteiger partial charge < -0.3 is 10.6 Å². The Morgan fingerprint density at radius 2 is 1.81 bits per heavy atom. The number of allylic oxidation sites excluding steroid dienone is 3. The van der Waals surface area contributed by atoms with Crippen LogP contribution >= 0.6 is 0 Å². The van der Waals surface area contributed by atoms with E-state index in [2.05, 4.69) is 65.6 Å². The van der Waals surface area contributed by atoms with Crippen LogP contribution in [0.5, 0.6) is 0 Å². The van der Waals surface area contributed by atoms with Crippen molar-refractivity contribution in [2.45, 2.75) is 98.1 Å². The van der Waals surface area contributed by atoms with Crippen LogP contribution in [-0.2, 0) is 0 Å². The van der Waals surface area contributed by atoms with Gasteiger partial charge in [0.05, 0.1) is 19.6 Å². The van der Waals surface area contributed by atoms with Crippen molar-refractivity contribution in [2.75, 3.05) is 13.6 Å². The summed E-state index contributed by atoms with van der Waals surface area (Å²) in [5.41, 5.74) is 7.43. The number of quaternary nitrogens is 2. The van der Waals surface area contributed by atoms with Crippen molar-refractivity contribution in [2.24, 2.45) is 52.3 Å². The van der Waals surface area contributed by atoms with Crippen molar-refractivity contribution in [3.05, 3.63) is 23.8 Å². The fourth-order valence-corrected chi connectivity index (χ4v) is 10.2. The Kier molecular flexibility index (Phi) is 5.98. The number of hydrogen-bond acceptors (Lipinski definition) is 0. The van der Waals surface area contributed by atoms with Gasteiger partial charge in [-0.3, -0.25) is 0 Å². The minimum Gasteiger partial charge on any atom is -0.352 e. The number of fused-ring (bicyclic) bond motifs is 5. The van der Waals surface area contributed by atoms with Crippen LogP contribution in [-0.4, -0.2) is 25.7 Å². The molecule has 3 fully saturated rings. The molecule has 0 aromatic rings. The van der Waals surface area contributed by atoms with E-state index in [1.165, 1.54) is 57.9 Å². The Morgan fingerprint density at radius 3 is 2.56 bits per heavy atom. The second-order valence-corrected chi connectivity index (χ2v) is 13.8. The van der Waals surface area contributed by atoms with E-state index in [1.807, 2.05) is 10.5 Å². The van der Waals surface area contributed by atoms with Crippen LogP contribution in [0.15, 0.2) is 23.8 Å². The lowest BCUT2D eigenvalue weighted by Gasteiger charge is -2.56. The molecule has 180 valence electrons. The molecular weight excluding hydrogens is 388 g/mol. The van der Waals surface area contributed by atoms with Gasteiger partial charge in [-0.25, -0.2) is 0 Å². The third-order valence-electron chi connectivity index (χ3n) is 12.1. The van der Waals surface area contributed by atoms with Gasteiger partial charge in [-0.1, -0.05) is 52.3 Å². The van der Waals surface area contributed by atoms with Gasteiger partial charge in [-0.15, -0.1) is 0 Å². The summed E-state index contributed by atoms with van der Waals surface area (Å²) in [4.78, 5) is 1.82. The fraction of sp³-hybridized carbons (Fsp3) is 0.867. The van der Waals surface area contributed by atoms with Crippen LogP contribution in [0.3, 0.4) is 0 Å². The van der Waals surface area contributed by atoms with Gasteiger partial charge >= 0.3 is 0 Å². The highest BCUT2D eigenvalue weighted by Gasteiger charge is 2.59. The first-order valence-electron chi connectivity index (χ1n) is 14.2. The van der Waals surface area contributed by atoms with Crippen LogP contribution in [0.2, 0.25) is 0 Å². The maximum Gasteiger partial charge on any atom is 0.107 e. The summed E-state index contributed by atoms with van der Waals surface area (Å²) in [6.45, 7) is 14.3. The molecule has 4 aliphatic carbocycles. The van der Waals surface area contributed by atoms with Crippen LogP contribution in [0.25, 0.3) is 0 Å². The molecule has 2 saturated carbocycles. The number of hydrogen-bond donors (Lipinski definition) is 2. The highest BCUT2D eigenvalue weighted by Crippen LogP contribution is 2.66. The number of nitrogens with one attached hydrogen (secondary N) is 1. The average molecular weight is 441 g/mol. The Labute approximate surface area is 198 Å². The second-order valence-electron chi connectivity index (χ2n) is 13.8. The van der Waals surface area contributed by atoms with Gasteiger partial charge in [0.25, 0.3) is 0 Å². The summed E-state index contributed by atoms with van der Waals surface area (Å²) in [5.74, 6) is 6.01. The van der Waals surface area contributed by atoms with Gasteiger partial charge in [-0.05, 0) is 85.0 Å². The molecule has 1 saturated heterocycles. The zero-order chi connectivity index (χ0) is 22.8. The lowest BCUT2D eigenvalue weighted by atomic mass is 9.48. The van der Waals surface area contributed by atoms with Gasteiger partial charge in [0.15, 0.2) is 0 Å². The Bertz CT molecular complexity index is 767. The van der Waals surface area contributed by atoms with E-state index in [1.54, 1.807) is 0 Å². The first kappa shape index (κ1) is 23.2. The molecule has 32 heavy (non-hydrogen) atoms. The molecule has 2 heteroatoms. The molecule has 1 aliphatic heterocycles. The van der Waals surface area contributed by atoms with E-state index < -0.39 is 0 Å². The molecule has 0 amide bonds. The Balaban J connectivity index is 1.35. The van der Waals surface area contributed by atoms with E-state index >= 15 is 0 Å². The van der Waals surface area contributed by atoms with E-state index in [9.17, 15) is 0 Å². The quantitative estimate of drug-likeness (QED) is 0.602. The number of likely N-dealkylation sites (tertiary alicyclic amines) is 1. The summed E-state index contributed by atoms with van der Waals surface area (Å²) in [6, 6.07) is 1.40. The Morgan fingerprint density at radius 1 is 1.06 bits per heavy atom. The molecule has 4 N–H and O–H groups in total. The monoisotopic (exact) mass is 440 g/mol. The van der Waals surface area contributed by atoms with Gasteiger partial charge in [-0.2, -0.15) is 0 Å². The normalized spacial score (nSPS) is 51.2. The molecule has 0 aromatic carbocycles. The maximum absolute atomic E-state index is 4.54. The van der Waals surface area contributed by atoms with Crippen molar-refractivity contribution in [1.29, 1.82) is 0 Å². The Hall–Kier alpha value is -0.600. The largest absolute Gasteiger partial charge is 0.352 e. The summed E-state index contributed by atoms with van der Waals surface area (Å²) < 4.78 is 0. The summed E-state index contributed by atoms with van der Waals surface area (Å²) >= 11 is 0. The van der Waals surface area contributed by atoms with Gasteiger partial charge in [0, 0.05) is 24.7 Å². The number of rotatable bonds is 4. The zero-order valence-corrected chi connectivity index (χ0v) is 22.0. The van der Waals surface area contributed by atoms with Crippen LogP contribution in [0.4, 0.5) is 0 Å². The maximum atomic E-state index is 4.54. The first-order chi connectivity index (χ1) is 15.2. The standard InChI is InChI=1S/C30H50N2/c1-19(2)21-14-17-32(6)28(21)18-20(3)23-11-12-24-22-9-10-26-27(31)8-7-15-29(26,4)25(22)13-16-30(23,24)5/h7-9,19-21,23-28H,10-18,31H2,1-6H3/p+2/t20-,21?,23-,24+,25+,26+,27-,28?,29-,30-/m1/s1. The molecule has 3 unspecified atom stereocenters. The molecule has 0 spiro atoms. The molecule has 0 radical (unpaired) electrons. The molecular formula is C30H52N2+2. The molecule has 2 nitrogen and oxygen atoms in total. The van der Waals surface area contributed by atoms with Crippen molar-refractivity contribution in [3.63, 3.8) is 0 Å². The lowest BCUT2D eigenvalue weighted by molar-refractivity contribution is -0.895. The topological polar surface area (TPSA) is 32.1 Å².